The number of aryl methyl sites for hydroxylation is 2. The van der Waals surface area contributed by atoms with E-state index in [4.69, 9.17) is 5.11 Å². The van der Waals surface area contributed by atoms with Crippen LogP contribution >= 0.6 is 0 Å². The first-order chi connectivity index (χ1) is 9.02. The molecule has 7 heteroatoms. The van der Waals surface area contributed by atoms with E-state index in [9.17, 15) is 9.59 Å². The third kappa shape index (κ3) is 2.49. The van der Waals surface area contributed by atoms with Gasteiger partial charge in [-0.15, -0.1) is 0 Å². The number of carboxylic acids is 1. The van der Waals surface area contributed by atoms with Gasteiger partial charge in [0.05, 0.1) is 0 Å². The number of hydrogen-bond donors (Lipinski definition) is 2. The molecule has 0 radical (unpaired) electrons. The third-order valence-electron chi connectivity index (χ3n) is 2.74. The van der Waals surface area contributed by atoms with E-state index in [0.717, 1.165) is 0 Å². The molecule has 0 saturated carbocycles. The maximum atomic E-state index is 12.1. The lowest BCUT2D eigenvalue weighted by Crippen LogP contribution is -2.18. The second-order valence-electron chi connectivity index (χ2n) is 3.98. The van der Waals surface area contributed by atoms with E-state index in [0.29, 0.717) is 18.1 Å². The summed E-state index contributed by atoms with van der Waals surface area (Å²) in [5, 5.41) is 15.3. The van der Waals surface area contributed by atoms with Gasteiger partial charge in [0.25, 0.3) is 5.91 Å². The molecule has 0 fully saturated rings. The summed E-state index contributed by atoms with van der Waals surface area (Å²) in [4.78, 5) is 22.9. The predicted octanol–water partition coefficient (Wildman–Crippen LogP) is 1.19. The van der Waals surface area contributed by atoms with Gasteiger partial charge in [-0.25, -0.2) is 4.79 Å². The number of hydrogen-bond acceptors (Lipinski definition) is 3. The quantitative estimate of drug-likeness (QED) is 0.866. The summed E-state index contributed by atoms with van der Waals surface area (Å²) in [7, 11) is 1.57. The number of nitrogens with zero attached hydrogens (tertiary/aromatic N) is 3. The lowest BCUT2D eigenvalue weighted by Gasteiger charge is -2.07. The van der Waals surface area contributed by atoms with E-state index in [1.54, 1.807) is 29.9 Å². The maximum absolute atomic E-state index is 12.1. The Bertz CT molecular complexity index is 627. The minimum Gasteiger partial charge on any atom is -0.476 e. The molecule has 0 atom stereocenters. The lowest BCUT2D eigenvalue weighted by molar-refractivity contribution is 0.0689. The van der Waals surface area contributed by atoms with Crippen molar-refractivity contribution in [2.24, 2.45) is 7.05 Å². The Kier molecular flexibility index (Phi) is 3.37. The molecule has 0 aliphatic carbocycles. The largest absolute Gasteiger partial charge is 0.476 e. The fourth-order valence-corrected chi connectivity index (χ4v) is 1.77. The summed E-state index contributed by atoms with van der Waals surface area (Å²) >= 11 is 0. The van der Waals surface area contributed by atoms with Gasteiger partial charge in [0.2, 0.25) is 0 Å². The molecule has 2 rings (SSSR count). The second-order valence-corrected chi connectivity index (χ2v) is 3.98. The molecule has 0 aliphatic heterocycles. The smallest absolute Gasteiger partial charge is 0.356 e. The average Bonchev–Trinajstić information content (AvgIpc) is 2.96. The van der Waals surface area contributed by atoms with Gasteiger partial charge in [0.15, 0.2) is 5.69 Å². The Balaban J connectivity index is 2.22. The Labute approximate surface area is 109 Å². The van der Waals surface area contributed by atoms with E-state index in [1.807, 2.05) is 6.92 Å². The fraction of sp³-hybridized carbons (Fsp3) is 0.250. The first-order valence-electron chi connectivity index (χ1n) is 5.76. The summed E-state index contributed by atoms with van der Waals surface area (Å²) in [5.41, 5.74) is 0.407. The predicted molar refractivity (Wildman–Crippen MR) is 68.2 cm³/mol. The Hall–Kier alpha value is -2.57. The molecule has 0 aromatic carbocycles. The van der Waals surface area contributed by atoms with E-state index in [1.165, 1.54) is 10.7 Å². The van der Waals surface area contributed by atoms with Crippen LogP contribution in [0, 0.1) is 0 Å². The summed E-state index contributed by atoms with van der Waals surface area (Å²) in [6.07, 6.45) is 1.81. The highest BCUT2D eigenvalue weighted by Gasteiger charge is 2.15. The van der Waals surface area contributed by atoms with E-state index in [2.05, 4.69) is 10.4 Å². The summed E-state index contributed by atoms with van der Waals surface area (Å²) in [6.45, 7) is 2.62. The summed E-state index contributed by atoms with van der Waals surface area (Å²) in [5.74, 6) is -1.09. The van der Waals surface area contributed by atoms with Crippen LogP contribution in [0.4, 0.5) is 5.82 Å². The van der Waals surface area contributed by atoms with Gasteiger partial charge in [-0.05, 0) is 19.1 Å². The van der Waals surface area contributed by atoms with Gasteiger partial charge in [0, 0.05) is 25.9 Å². The van der Waals surface area contributed by atoms with E-state index < -0.39 is 5.97 Å². The van der Waals surface area contributed by atoms with Gasteiger partial charge < -0.3 is 15.0 Å². The molecule has 100 valence electrons. The monoisotopic (exact) mass is 262 g/mol. The Morgan fingerprint density at radius 3 is 2.79 bits per heavy atom. The van der Waals surface area contributed by atoms with Crippen LogP contribution in [-0.4, -0.2) is 31.3 Å². The van der Waals surface area contributed by atoms with Gasteiger partial charge in [-0.1, -0.05) is 0 Å². The molecule has 0 unspecified atom stereocenters. The number of carbonyl (C=O) groups excluding carboxylic acids is 1. The molecule has 0 aliphatic rings. The SMILES string of the molecule is CCn1cccc1C(=O)Nc1cc(C(=O)O)nn1C. The van der Waals surface area contributed by atoms with Crippen molar-refractivity contribution in [3.8, 4) is 0 Å². The molecule has 0 saturated heterocycles. The Morgan fingerprint density at radius 1 is 1.47 bits per heavy atom. The second kappa shape index (κ2) is 4.97. The van der Waals surface area contributed by atoms with Gasteiger partial charge in [0.1, 0.15) is 11.5 Å². The number of carbonyl (C=O) groups is 2. The minimum atomic E-state index is -1.13. The molecule has 2 N–H and O–H groups in total. The number of aromatic nitrogens is 3. The van der Waals surface area contributed by atoms with Gasteiger partial charge >= 0.3 is 5.97 Å². The molecular weight excluding hydrogens is 248 g/mol. The molecule has 7 nitrogen and oxygen atoms in total. The molecule has 19 heavy (non-hydrogen) atoms. The van der Waals surface area contributed by atoms with Crippen LogP contribution in [0.3, 0.4) is 0 Å². The molecule has 1 amide bonds. The summed E-state index contributed by atoms with van der Waals surface area (Å²) < 4.78 is 3.12. The van der Waals surface area contributed by atoms with Crippen molar-refractivity contribution in [1.82, 2.24) is 14.3 Å². The maximum Gasteiger partial charge on any atom is 0.356 e. The third-order valence-corrected chi connectivity index (χ3v) is 2.74. The van der Waals surface area contributed by atoms with Gasteiger partial charge in [-0.3, -0.25) is 9.48 Å². The highest BCUT2D eigenvalue weighted by Crippen LogP contribution is 2.11. The topological polar surface area (TPSA) is 89.2 Å². The molecule has 2 aromatic rings. The van der Waals surface area contributed by atoms with Gasteiger partial charge in [-0.2, -0.15) is 5.10 Å². The zero-order chi connectivity index (χ0) is 14.0. The average molecular weight is 262 g/mol. The van der Waals surface area contributed by atoms with Crippen molar-refractivity contribution in [2.45, 2.75) is 13.5 Å². The first-order valence-corrected chi connectivity index (χ1v) is 5.76. The van der Waals surface area contributed by atoms with Crippen LogP contribution in [0.1, 0.15) is 27.9 Å². The highest BCUT2D eigenvalue weighted by atomic mass is 16.4. The van der Waals surface area contributed by atoms with Crippen LogP contribution in [-0.2, 0) is 13.6 Å². The number of nitrogens with one attached hydrogen (secondary N) is 1. The minimum absolute atomic E-state index is 0.108. The molecule has 0 spiro atoms. The zero-order valence-electron chi connectivity index (χ0n) is 10.6. The Morgan fingerprint density at radius 2 is 2.21 bits per heavy atom. The van der Waals surface area contributed by atoms with Crippen LogP contribution in [0.25, 0.3) is 0 Å². The highest BCUT2D eigenvalue weighted by molar-refractivity contribution is 6.03. The number of aromatic carboxylic acids is 1. The van der Waals surface area contributed by atoms with Crippen molar-refractivity contribution in [1.29, 1.82) is 0 Å². The number of anilines is 1. The number of rotatable bonds is 4. The van der Waals surface area contributed by atoms with E-state index >= 15 is 0 Å². The molecule has 0 bridgehead atoms. The summed E-state index contributed by atoms with van der Waals surface area (Å²) in [6, 6.07) is 4.80. The van der Waals surface area contributed by atoms with Crippen molar-refractivity contribution < 1.29 is 14.7 Å². The molecule has 2 aromatic heterocycles. The first kappa shape index (κ1) is 12.9. The zero-order valence-corrected chi connectivity index (χ0v) is 10.6. The van der Waals surface area contributed by atoms with Crippen LogP contribution in [0.2, 0.25) is 0 Å². The fourth-order valence-electron chi connectivity index (χ4n) is 1.77. The standard InChI is InChI=1S/C12H14N4O3/c1-3-16-6-4-5-9(16)11(17)13-10-7-8(12(18)19)14-15(10)2/h4-7H,3H2,1-2H3,(H,13,17)(H,18,19). The number of amides is 1. The van der Waals surface area contributed by atoms with E-state index in [-0.39, 0.29) is 11.6 Å². The van der Waals surface area contributed by atoms with Crippen LogP contribution in [0.5, 0.6) is 0 Å². The normalized spacial score (nSPS) is 10.4. The lowest BCUT2D eigenvalue weighted by atomic mass is 10.3. The van der Waals surface area contributed by atoms with Crippen molar-refractivity contribution >= 4 is 17.7 Å². The number of carboxylic acid groups (broad SMARTS) is 1. The van der Waals surface area contributed by atoms with Crippen molar-refractivity contribution in [3.63, 3.8) is 0 Å². The van der Waals surface area contributed by atoms with Crippen LogP contribution < -0.4 is 5.32 Å². The van der Waals surface area contributed by atoms with Crippen LogP contribution in [0.15, 0.2) is 24.4 Å². The van der Waals surface area contributed by atoms with Crippen molar-refractivity contribution in [2.75, 3.05) is 5.32 Å². The molecular formula is C12H14N4O3. The molecule has 2 heterocycles. The van der Waals surface area contributed by atoms with Crippen molar-refractivity contribution in [3.05, 3.63) is 35.8 Å².